The molecule has 0 aliphatic heterocycles. The second-order valence-corrected chi connectivity index (χ2v) is 12.8. The number of carbonyl (C=O) groups is 2. The molecule has 0 bridgehead atoms. The molecule has 0 spiro atoms. The molecule has 3 aromatic rings. The number of rotatable bonds is 13. The third kappa shape index (κ3) is 8.04. The van der Waals surface area contributed by atoms with Crippen LogP contribution in [-0.2, 0) is 26.2 Å². The average Bonchev–Trinajstić information content (AvgIpc) is 2.98. The fourth-order valence-corrected chi connectivity index (χ4v) is 5.86. The minimum absolute atomic E-state index is 0.00722. The molecule has 0 radical (unpaired) electrons. The number of hydrogen-bond donors (Lipinski definition) is 1. The van der Waals surface area contributed by atoms with Gasteiger partial charge in [-0.3, -0.25) is 13.9 Å². The minimum Gasteiger partial charge on any atom is -0.497 e. The maximum Gasteiger partial charge on any atom is 0.264 e. The van der Waals surface area contributed by atoms with Crippen molar-refractivity contribution in [2.24, 2.45) is 0 Å². The zero-order valence-corrected chi connectivity index (χ0v) is 27.2. The molecule has 0 unspecified atom stereocenters. The van der Waals surface area contributed by atoms with E-state index < -0.39 is 28.5 Å². The van der Waals surface area contributed by atoms with Gasteiger partial charge in [0.15, 0.2) is 0 Å². The lowest BCUT2D eigenvalue weighted by Gasteiger charge is -2.33. The van der Waals surface area contributed by atoms with E-state index in [1.54, 1.807) is 31.2 Å². The fraction of sp³-hybridized carbons (Fsp3) is 0.355. The lowest BCUT2D eigenvalue weighted by Crippen LogP contribution is -2.52. The molecule has 11 heteroatoms. The first kappa shape index (κ1) is 32.9. The van der Waals surface area contributed by atoms with Crippen LogP contribution in [0.5, 0.6) is 11.5 Å². The van der Waals surface area contributed by atoms with E-state index in [1.807, 2.05) is 45.0 Å². The lowest BCUT2D eigenvalue weighted by molar-refractivity contribution is -0.139. The van der Waals surface area contributed by atoms with Gasteiger partial charge in [0.05, 0.1) is 24.8 Å². The summed E-state index contributed by atoms with van der Waals surface area (Å²) in [5, 5.41) is 2.93. The number of amides is 2. The fourth-order valence-electron chi connectivity index (χ4n) is 4.18. The molecule has 226 valence electrons. The van der Waals surface area contributed by atoms with E-state index in [9.17, 15) is 18.0 Å². The van der Waals surface area contributed by atoms with Crippen LogP contribution in [0.2, 0.25) is 0 Å². The van der Waals surface area contributed by atoms with Gasteiger partial charge in [0.2, 0.25) is 11.8 Å². The summed E-state index contributed by atoms with van der Waals surface area (Å²) in [5.41, 5.74) is 1.80. The quantitative estimate of drug-likeness (QED) is 0.267. The number of hydrogen-bond acceptors (Lipinski definition) is 6. The summed E-state index contributed by atoms with van der Waals surface area (Å²) in [4.78, 5) is 28.8. The summed E-state index contributed by atoms with van der Waals surface area (Å²) in [6.07, 6.45) is 0.720. The van der Waals surface area contributed by atoms with Crippen LogP contribution in [0.4, 0.5) is 5.69 Å². The molecule has 0 aliphatic rings. The molecule has 1 N–H and O–H groups in total. The van der Waals surface area contributed by atoms with Crippen molar-refractivity contribution in [3.05, 3.63) is 82.3 Å². The first-order valence-electron chi connectivity index (χ1n) is 13.6. The number of benzene rings is 3. The zero-order valence-electron chi connectivity index (χ0n) is 24.8. The van der Waals surface area contributed by atoms with Crippen molar-refractivity contribution in [2.75, 3.05) is 25.1 Å². The molecule has 9 nitrogen and oxygen atoms in total. The molecule has 0 saturated carbocycles. The van der Waals surface area contributed by atoms with Crippen LogP contribution in [0.25, 0.3) is 0 Å². The first-order valence-corrected chi connectivity index (χ1v) is 15.8. The van der Waals surface area contributed by atoms with Gasteiger partial charge in [-0.25, -0.2) is 8.42 Å². The Bertz CT molecular complexity index is 1480. The van der Waals surface area contributed by atoms with E-state index in [4.69, 9.17) is 9.47 Å². The largest absolute Gasteiger partial charge is 0.497 e. The molecule has 2 amide bonds. The van der Waals surface area contributed by atoms with Gasteiger partial charge < -0.3 is 19.7 Å². The lowest BCUT2D eigenvalue weighted by atomic mass is 10.1. The summed E-state index contributed by atoms with van der Waals surface area (Å²) in [5.74, 6) is -0.274. The van der Waals surface area contributed by atoms with Crippen molar-refractivity contribution in [1.29, 1.82) is 0 Å². The Hall–Kier alpha value is -3.57. The number of nitrogens with zero attached hydrogens (tertiary/aromatic N) is 2. The van der Waals surface area contributed by atoms with Crippen molar-refractivity contribution in [2.45, 2.75) is 57.6 Å². The third-order valence-electron chi connectivity index (χ3n) is 6.98. The summed E-state index contributed by atoms with van der Waals surface area (Å²) < 4.78 is 41.0. The summed E-state index contributed by atoms with van der Waals surface area (Å²) in [7, 11) is -1.37. The Balaban J connectivity index is 2.11. The molecule has 0 saturated heterocycles. The molecule has 0 heterocycles. The Labute approximate surface area is 257 Å². The molecule has 0 aliphatic carbocycles. The van der Waals surface area contributed by atoms with Crippen LogP contribution in [0.1, 0.15) is 38.3 Å². The Morgan fingerprint density at radius 2 is 1.60 bits per heavy atom. The predicted octanol–water partition coefficient (Wildman–Crippen LogP) is 5.30. The highest BCUT2D eigenvalue weighted by Gasteiger charge is 2.34. The number of anilines is 1. The molecule has 42 heavy (non-hydrogen) atoms. The van der Waals surface area contributed by atoms with Crippen LogP contribution < -0.4 is 19.1 Å². The third-order valence-corrected chi connectivity index (χ3v) is 9.28. The van der Waals surface area contributed by atoms with Crippen molar-refractivity contribution in [3.63, 3.8) is 0 Å². The Morgan fingerprint density at radius 1 is 0.952 bits per heavy atom. The smallest absolute Gasteiger partial charge is 0.264 e. The summed E-state index contributed by atoms with van der Waals surface area (Å²) >= 11 is 3.42. The van der Waals surface area contributed by atoms with Gasteiger partial charge in [-0.05, 0) is 69.2 Å². The van der Waals surface area contributed by atoms with Gasteiger partial charge in [0.1, 0.15) is 24.1 Å². The molecular weight excluding hydrogens is 622 g/mol. The van der Waals surface area contributed by atoms with E-state index >= 15 is 0 Å². The van der Waals surface area contributed by atoms with Gasteiger partial charge in [-0.1, -0.05) is 52.7 Å². The summed E-state index contributed by atoms with van der Waals surface area (Å²) in [6.45, 7) is 6.84. The van der Waals surface area contributed by atoms with Crippen LogP contribution in [0.15, 0.2) is 76.1 Å². The van der Waals surface area contributed by atoms with Crippen molar-refractivity contribution in [3.8, 4) is 11.5 Å². The first-order chi connectivity index (χ1) is 19.9. The number of aryl methyl sites for hydroxylation is 1. The van der Waals surface area contributed by atoms with Crippen molar-refractivity contribution in [1.82, 2.24) is 10.2 Å². The molecular formula is C31H38BrN3O6S. The van der Waals surface area contributed by atoms with Crippen LogP contribution in [-0.4, -0.2) is 58.0 Å². The van der Waals surface area contributed by atoms with Crippen LogP contribution >= 0.6 is 15.9 Å². The topological polar surface area (TPSA) is 105 Å². The molecule has 3 rings (SSSR count). The van der Waals surface area contributed by atoms with E-state index in [2.05, 4.69) is 21.2 Å². The maximum atomic E-state index is 14.1. The SMILES string of the molecule is CC[C@@H](C)NC(=O)[C@@H](C)N(Cc1ccc(Br)cc1)C(=O)CN(c1cc(OC)ccc1OC)S(=O)(=O)c1ccc(C)cc1. The zero-order chi connectivity index (χ0) is 31.0. The Morgan fingerprint density at radius 3 is 2.17 bits per heavy atom. The molecule has 2 atom stereocenters. The highest BCUT2D eigenvalue weighted by atomic mass is 79.9. The maximum absolute atomic E-state index is 14.1. The number of halogens is 1. The van der Waals surface area contributed by atoms with Gasteiger partial charge in [0, 0.05) is 23.1 Å². The standard InChI is InChI=1S/C31H38BrN3O6S/c1-7-22(3)33-31(37)23(4)34(19-24-10-12-25(32)13-11-24)30(36)20-35(28-18-26(40-5)14-17-29(28)41-6)42(38,39)27-15-8-21(2)9-16-27/h8-18,22-23H,7,19-20H2,1-6H3,(H,33,37)/t22-,23-/m1/s1. The number of carbonyl (C=O) groups excluding carboxylic acids is 2. The van der Waals surface area contributed by atoms with E-state index in [-0.39, 0.29) is 34.8 Å². The Kier molecular flexibility index (Phi) is 11.4. The number of nitrogens with one attached hydrogen (secondary N) is 1. The average molecular weight is 661 g/mol. The van der Waals surface area contributed by atoms with E-state index in [0.717, 1.165) is 26.3 Å². The second kappa shape index (κ2) is 14.6. The predicted molar refractivity (Wildman–Crippen MR) is 167 cm³/mol. The van der Waals surface area contributed by atoms with Crippen LogP contribution in [0, 0.1) is 6.92 Å². The molecule has 0 aromatic heterocycles. The minimum atomic E-state index is -4.26. The highest BCUT2D eigenvalue weighted by molar-refractivity contribution is 9.10. The number of sulfonamides is 1. The van der Waals surface area contributed by atoms with Gasteiger partial charge in [-0.15, -0.1) is 0 Å². The van der Waals surface area contributed by atoms with Gasteiger partial charge >= 0.3 is 0 Å². The van der Waals surface area contributed by atoms with Gasteiger partial charge in [-0.2, -0.15) is 0 Å². The van der Waals surface area contributed by atoms with Gasteiger partial charge in [0.25, 0.3) is 10.0 Å². The van der Waals surface area contributed by atoms with E-state index in [0.29, 0.717) is 5.75 Å². The van der Waals surface area contributed by atoms with Crippen LogP contribution in [0.3, 0.4) is 0 Å². The number of methoxy groups -OCH3 is 2. The van der Waals surface area contributed by atoms with E-state index in [1.165, 1.54) is 37.3 Å². The van der Waals surface area contributed by atoms with Crippen molar-refractivity contribution < 1.29 is 27.5 Å². The normalized spacial score (nSPS) is 12.6. The highest BCUT2D eigenvalue weighted by Crippen LogP contribution is 2.36. The summed E-state index contributed by atoms with van der Waals surface area (Å²) in [6, 6.07) is 17.5. The molecule has 3 aromatic carbocycles. The second-order valence-electron chi connectivity index (χ2n) is 10.0. The monoisotopic (exact) mass is 659 g/mol. The molecule has 0 fully saturated rings. The van der Waals surface area contributed by atoms with Crippen molar-refractivity contribution >= 4 is 43.5 Å². The number of ether oxygens (including phenoxy) is 2.